The summed E-state index contributed by atoms with van der Waals surface area (Å²) in [5, 5.41) is 9.40. The summed E-state index contributed by atoms with van der Waals surface area (Å²) >= 11 is 6.09. The Morgan fingerprint density at radius 1 is 0.966 bits per heavy atom. The predicted octanol–water partition coefficient (Wildman–Crippen LogP) is -5.68. The second-order valence-corrected chi connectivity index (χ2v) is 7.44. The Balaban J connectivity index is 0.00000210. The molecule has 1 heterocycles. The van der Waals surface area contributed by atoms with Crippen LogP contribution in [-0.2, 0) is 9.53 Å². The van der Waals surface area contributed by atoms with Gasteiger partial charge in [0.05, 0.1) is 6.61 Å². The molecule has 0 saturated carbocycles. The van der Waals surface area contributed by atoms with Gasteiger partial charge < -0.3 is 44.5 Å². The van der Waals surface area contributed by atoms with Gasteiger partial charge in [0.1, 0.15) is 45.4 Å². The van der Waals surface area contributed by atoms with Crippen LogP contribution >= 0.6 is 11.6 Å². The number of nitrogens with one attached hydrogen (secondary N) is 2. The van der Waals surface area contributed by atoms with Gasteiger partial charge in [0.15, 0.2) is 0 Å². The Labute approximate surface area is 189 Å². The minimum absolute atomic E-state index is 0. The fourth-order valence-corrected chi connectivity index (χ4v) is 3.93. The number of hydrogen-bond acceptors (Lipinski definition) is 2. The molecule has 0 unspecified atom stereocenters. The van der Waals surface area contributed by atoms with E-state index in [-0.39, 0.29) is 31.4 Å². The summed E-state index contributed by atoms with van der Waals surface area (Å²) in [6.07, 6.45) is 0. The van der Waals surface area contributed by atoms with Crippen molar-refractivity contribution >= 4 is 17.6 Å². The van der Waals surface area contributed by atoms with Crippen LogP contribution in [0.25, 0.3) is 0 Å². The second kappa shape index (κ2) is 13.1. The lowest BCUT2D eigenvalue weighted by Gasteiger charge is -2.35. The van der Waals surface area contributed by atoms with E-state index in [0.29, 0.717) is 12.6 Å². The quantitative estimate of drug-likeness (QED) is 0.344. The Morgan fingerprint density at radius 2 is 1.55 bits per heavy atom. The lowest BCUT2D eigenvalue weighted by Crippen LogP contribution is -3.28. The average molecular weight is 462 g/mol. The average Bonchev–Trinajstić information content (AvgIpc) is 2.69. The largest absolute Gasteiger partial charge is 1.00 e. The fraction of sp³-hybridized carbons (Fsp3) is 0.381. The van der Waals surface area contributed by atoms with E-state index in [1.807, 2.05) is 12.1 Å². The highest BCUT2D eigenvalue weighted by atomic mass is 35.5. The number of carboxylic acid groups (broad SMARTS) is 1. The number of piperazine rings is 1. The smallest absolute Gasteiger partial charge is 0.329 e. The molecular weight excluding hydrogens is 435 g/mol. The zero-order chi connectivity index (χ0) is 19.1. The molecule has 0 amide bonds. The maximum Gasteiger partial charge on any atom is 0.329 e. The molecule has 3 rings (SSSR count). The molecule has 2 aromatic rings. The Morgan fingerprint density at radius 3 is 2.14 bits per heavy atom. The van der Waals surface area contributed by atoms with Crippen molar-refractivity contribution in [1.82, 2.24) is 0 Å². The first-order chi connectivity index (χ1) is 13.1. The van der Waals surface area contributed by atoms with Crippen LogP contribution in [0.1, 0.15) is 17.2 Å². The molecule has 29 heavy (non-hydrogen) atoms. The van der Waals surface area contributed by atoms with E-state index in [2.05, 4.69) is 42.5 Å². The molecule has 1 aliphatic rings. The van der Waals surface area contributed by atoms with Crippen molar-refractivity contribution in [3.63, 3.8) is 0 Å². The zero-order valence-corrected chi connectivity index (χ0v) is 18.4. The number of carbonyl (C=O) groups is 1. The van der Waals surface area contributed by atoms with Gasteiger partial charge in [-0.05, 0) is 12.1 Å². The predicted molar refractivity (Wildman–Crippen MR) is 104 cm³/mol. The van der Waals surface area contributed by atoms with Gasteiger partial charge in [-0.2, -0.15) is 0 Å². The SMILES string of the molecule is O=C(O)COCC[NH+]1CC[NH+]([C@@H](c2ccccc2)c2ccc(Cl)cc2)CC1.[Cl-].[Cl-]. The summed E-state index contributed by atoms with van der Waals surface area (Å²) in [6.45, 7) is 5.39. The molecule has 160 valence electrons. The summed E-state index contributed by atoms with van der Waals surface area (Å²) in [5.41, 5.74) is 2.61. The lowest BCUT2D eigenvalue weighted by molar-refractivity contribution is -1.02. The van der Waals surface area contributed by atoms with Crippen LogP contribution in [0.3, 0.4) is 0 Å². The van der Waals surface area contributed by atoms with Gasteiger partial charge in [-0.1, -0.05) is 54.1 Å². The van der Waals surface area contributed by atoms with Gasteiger partial charge in [-0.25, -0.2) is 4.79 Å². The second-order valence-electron chi connectivity index (χ2n) is 7.00. The number of benzene rings is 2. The Kier molecular flexibility index (Phi) is 11.6. The molecule has 5 nitrogen and oxygen atoms in total. The lowest BCUT2D eigenvalue weighted by atomic mass is 9.96. The van der Waals surface area contributed by atoms with E-state index < -0.39 is 5.97 Å². The normalized spacial score (nSPS) is 19.5. The van der Waals surface area contributed by atoms with E-state index in [1.54, 1.807) is 4.90 Å². The highest BCUT2D eigenvalue weighted by Crippen LogP contribution is 2.21. The zero-order valence-electron chi connectivity index (χ0n) is 16.1. The molecule has 1 fully saturated rings. The number of hydrogen-bond donors (Lipinski definition) is 3. The van der Waals surface area contributed by atoms with Crippen molar-refractivity contribution in [2.75, 3.05) is 45.9 Å². The maximum absolute atomic E-state index is 10.5. The first-order valence-electron chi connectivity index (χ1n) is 9.41. The number of carboxylic acids is 1. The molecule has 0 bridgehead atoms. The van der Waals surface area contributed by atoms with Gasteiger partial charge in [0.2, 0.25) is 0 Å². The first kappa shape index (κ1) is 25.7. The minimum atomic E-state index is -0.909. The third-order valence-corrected chi connectivity index (χ3v) is 5.42. The summed E-state index contributed by atoms with van der Waals surface area (Å²) in [5.74, 6) is -0.909. The summed E-state index contributed by atoms with van der Waals surface area (Å²) in [7, 11) is 0. The van der Waals surface area contributed by atoms with Crippen molar-refractivity contribution in [3.8, 4) is 0 Å². The Hall–Kier alpha value is -1.34. The van der Waals surface area contributed by atoms with Crippen molar-refractivity contribution in [2.24, 2.45) is 0 Å². The van der Waals surface area contributed by atoms with E-state index in [4.69, 9.17) is 21.4 Å². The summed E-state index contributed by atoms with van der Waals surface area (Å²) in [4.78, 5) is 13.5. The summed E-state index contributed by atoms with van der Waals surface area (Å²) < 4.78 is 5.18. The molecule has 2 aromatic carbocycles. The standard InChI is InChI=1S/C21H25ClN2O3.2ClH/c22-19-8-6-18(7-9-19)21(17-4-2-1-3-5-17)24-12-10-23(11-13-24)14-15-27-16-20(25)26;;/h1-9,21H,10-16H2,(H,25,26);2*1H/t21-;;/m0../s1. The number of ether oxygens (including phenoxy) is 1. The monoisotopic (exact) mass is 460 g/mol. The molecule has 0 spiro atoms. The minimum Gasteiger partial charge on any atom is -1.00 e. The van der Waals surface area contributed by atoms with E-state index >= 15 is 0 Å². The first-order valence-corrected chi connectivity index (χ1v) is 9.79. The number of rotatable bonds is 8. The van der Waals surface area contributed by atoms with Gasteiger partial charge in [0.25, 0.3) is 0 Å². The molecule has 1 saturated heterocycles. The molecule has 0 radical (unpaired) electrons. The van der Waals surface area contributed by atoms with E-state index in [0.717, 1.165) is 37.7 Å². The maximum atomic E-state index is 10.5. The third kappa shape index (κ3) is 7.78. The van der Waals surface area contributed by atoms with E-state index in [1.165, 1.54) is 16.0 Å². The molecule has 1 atom stereocenters. The van der Waals surface area contributed by atoms with Gasteiger partial charge >= 0.3 is 5.97 Å². The highest BCUT2D eigenvalue weighted by Gasteiger charge is 2.31. The summed E-state index contributed by atoms with van der Waals surface area (Å²) in [6, 6.07) is 19.1. The van der Waals surface area contributed by atoms with E-state index in [9.17, 15) is 4.79 Å². The van der Waals surface area contributed by atoms with Gasteiger partial charge in [-0.15, -0.1) is 0 Å². The van der Waals surface area contributed by atoms with Crippen LogP contribution in [0, 0.1) is 0 Å². The van der Waals surface area contributed by atoms with Crippen LogP contribution in [0.4, 0.5) is 0 Å². The molecule has 0 aliphatic carbocycles. The van der Waals surface area contributed by atoms with Gasteiger partial charge in [-0.3, -0.25) is 0 Å². The molecular formula is C21H27Cl3N2O3. The molecule has 1 aliphatic heterocycles. The van der Waals surface area contributed by atoms with Crippen LogP contribution in [0.2, 0.25) is 5.02 Å². The van der Waals surface area contributed by atoms with Crippen LogP contribution in [0.5, 0.6) is 0 Å². The third-order valence-electron chi connectivity index (χ3n) is 5.17. The Bertz CT molecular complexity index is 724. The molecule has 0 aromatic heterocycles. The fourth-order valence-electron chi connectivity index (χ4n) is 3.80. The van der Waals surface area contributed by atoms with Crippen molar-refractivity contribution in [3.05, 3.63) is 70.7 Å². The molecule has 3 N–H and O–H groups in total. The number of halogens is 3. The number of aliphatic carboxylic acids is 1. The van der Waals surface area contributed by atoms with Crippen LogP contribution < -0.4 is 34.6 Å². The topological polar surface area (TPSA) is 55.4 Å². The molecule has 8 heteroatoms. The van der Waals surface area contributed by atoms with Crippen molar-refractivity contribution in [1.29, 1.82) is 0 Å². The van der Waals surface area contributed by atoms with Crippen LogP contribution in [-0.4, -0.2) is 57.0 Å². The number of quaternary nitrogens is 2. The van der Waals surface area contributed by atoms with Crippen molar-refractivity contribution < 1.29 is 49.3 Å². The van der Waals surface area contributed by atoms with Gasteiger partial charge in [0, 0.05) is 16.1 Å². The highest BCUT2D eigenvalue weighted by molar-refractivity contribution is 6.30. The van der Waals surface area contributed by atoms with Crippen LogP contribution in [0.15, 0.2) is 54.6 Å². The van der Waals surface area contributed by atoms with Crippen molar-refractivity contribution in [2.45, 2.75) is 6.04 Å².